The van der Waals surface area contributed by atoms with Gasteiger partial charge in [-0.3, -0.25) is 0 Å². The fourth-order valence-corrected chi connectivity index (χ4v) is 2.91. The zero-order valence-electron chi connectivity index (χ0n) is 11.3. The Kier molecular flexibility index (Phi) is 3.30. The molecule has 2 N–H and O–H groups in total. The highest BCUT2D eigenvalue weighted by Crippen LogP contribution is 2.36. The van der Waals surface area contributed by atoms with Crippen LogP contribution in [0.3, 0.4) is 0 Å². The van der Waals surface area contributed by atoms with Crippen LogP contribution in [-0.4, -0.2) is 18.0 Å². The van der Waals surface area contributed by atoms with Gasteiger partial charge in [-0.2, -0.15) is 5.26 Å². The number of nitrogens with zero attached hydrogens (tertiary/aromatic N) is 2. The summed E-state index contributed by atoms with van der Waals surface area (Å²) in [6, 6.07) is 16.4. The summed E-state index contributed by atoms with van der Waals surface area (Å²) in [4.78, 5) is 1.80. The number of nitrogen functional groups attached to an aromatic ring is 1. The van der Waals surface area contributed by atoms with Gasteiger partial charge in [0.15, 0.2) is 6.19 Å². The number of likely N-dealkylation sites (tertiary alicyclic amines) is 1. The third kappa shape index (κ3) is 2.21. The molecule has 2 aromatic rings. The van der Waals surface area contributed by atoms with Gasteiger partial charge in [0.05, 0.1) is 0 Å². The number of para-hydroxylation sites is 1. The van der Waals surface area contributed by atoms with E-state index in [4.69, 9.17) is 11.0 Å². The van der Waals surface area contributed by atoms with E-state index < -0.39 is 0 Å². The zero-order chi connectivity index (χ0) is 13.9. The Balaban J connectivity index is 1.97. The maximum absolute atomic E-state index is 8.98. The molecular formula is C17H17N3. The Morgan fingerprint density at radius 1 is 1.10 bits per heavy atom. The lowest BCUT2D eigenvalue weighted by Crippen LogP contribution is -2.13. The molecule has 1 fully saturated rings. The van der Waals surface area contributed by atoms with Crippen LogP contribution in [0.1, 0.15) is 17.9 Å². The topological polar surface area (TPSA) is 53.0 Å². The molecule has 0 aromatic heterocycles. The number of nitriles is 1. The average Bonchev–Trinajstić information content (AvgIpc) is 2.97. The summed E-state index contributed by atoms with van der Waals surface area (Å²) in [5.41, 5.74) is 10.6. The highest BCUT2D eigenvalue weighted by molar-refractivity contribution is 5.78. The lowest BCUT2D eigenvalue weighted by atomic mass is 9.92. The molecule has 1 unspecified atom stereocenters. The lowest BCUT2D eigenvalue weighted by molar-refractivity contribution is 0.479. The van der Waals surface area contributed by atoms with Crippen LogP contribution in [0.2, 0.25) is 0 Å². The molecule has 1 saturated heterocycles. The van der Waals surface area contributed by atoms with Crippen molar-refractivity contribution in [3.63, 3.8) is 0 Å². The molecule has 1 aliphatic rings. The van der Waals surface area contributed by atoms with Crippen LogP contribution in [0.4, 0.5) is 5.69 Å². The SMILES string of the molecule is N#CN1CCC(c2cccc(-c3ccccc3)c2N)C1. The molecule has 100 valence electrons. The van der Waals surface area contributed by atoms with Gasteiger partial charge in [-0.25, -0.2) is 0 Å². The molecule has 0 bridgehead atoms. The number of hydrogen-bond donors (Lipinski definition) is 1. The quantitative estimate of drug-likeness (QED) is 0.668. The van der Waals surface area contributed by atoms with Crippen molar-refractivity contribution in [3.8, 4) is 17.3 Å². The molecule has 0 spiro atoms. The Morgan fingerprint density at radius 2 is 1.90 bits per heavy atom. The van der Waals surface area contributed by atoms with Crippen LogP contribution in [0.5, 0.6) is 0 Å². The fraction of sp³-hybridized carbons (Fsp3) is 0.235. The lowest BCUT2D eigenvalue weighted by Gasteiger charge is -2.16. The van der Waals surface area contributed by atoms with E-state index in [0.717, 1.165) is 36.3 Å². The second-order valence-corrected chi connectivity index (χ2v) is 5.21. The van der Waals surface area contributed by atoms with Gasteiger partial charge in [0.2, 0.25) is 0 Å². The van der Waals surface area contributed by atoms with E-state index in [9.17, 15) is 0 Å². The summed E-state index contributed by atoms with van der Waals surface area (Å²) in [6.45, 7) is 1.61. The first kappa shape index (κ1) is 12.6. The second kappa shape index (κ2) is 5.26. The molecule has 0 amide bonds. The van der Waals surface area contributed by atoms with Gasteiger partial charge in [0.1, 0.15) is 0 Å². The smallest absolute Gasteiger partial charge is 0.179 e. The molecule has 1 atom stereocenters. The largest absolute Gasteiger partial charge is 0.398 e. The van der Waals surface area contributed by atoms with Crippen LogP contribution in [0.15, 0.2) is 48.5 Å². The Bertz CT molecular complexity index is 643. The van der Waals surface area contributed by atoms with Gasteiger partial charge < -0.3 is 10.6 Å². The van der Waals surface area contributed by atoms with Crippen LogP contribution in [-0.2, 0) is 0 Å². The van der Waals surface area contributed by atoms with E-state index in [0.29, 0.717) is 5.92 Å². The first-order valence-electron chi connectivity index (χ1n) is 6.88. The first-order chi connectivity index (χ1) is 9.79. The van der Waals surface area contributed by atoms with Gasteiger partial charge in [-0.1, -0.05) is 48.5 Å². The maximum Gasteiger partial charge on any atom is 0.179 e. The van der Waals surface area contributed by atoms with Gasteiger partial charge in [-0.05, 0) is 17.5 Å². The molecule has 2 aromatic carbocycles. The van der Waals surface area contributed by atoms with Crippen molar-refractivity contribution in [1.82, 2.24) is 4.90 Å². The third-order valence-electron chi connectivity index (χ3n) is 3.99. The van der Waals surface area contributed by atoms with Gasteiger partial charge in [-0.15, -0.1) is 0 Å². The molecule has 3 rings (SSSR count). The summed E-state index contributed by atoms with van der Waals surface area (Å²) in [6.07, 6.45) is 3.22. The van der Waals surface area contributed by atoms with E-state index in [1.807, 2.05) is 18.2 Å². The normalized spacial score (nSPS) is 17.9. The van der Waals surface area contributed by atoms with Gasteiger partial charge in [0.25, 0.3) is 0 Å². The van der Waals surface area contributed by atoms with Crippen LogP contribution in [0.25, 0.3) is 11.1 Å². The number of hydrogen-bond acceptors (Lipinski definition) is 3. The monoisotopic (exact) mass is 263 g/mol. The summed E-state index contributed by atoms with van der Waals surface area (Å²) in [5, 5.41) is 8.98. The van der Waals surface area contributed by atoms with E-state index in [1.165, 1.54) is 5.56 Å². The molecular weight excluding hydrogens is 246 g/mol. The van der Waals surface area contributed by atoms with Crippen molar-refractivity contribution < 1.29 is 0 Å². The van der Waals surface area contributed by atoms with Crippen molar-refractivity contribution in [2.75, 3.05) is 18.8 Å². The molecule has 3 nitrogen and oxygen atoms in total. The number of benzene rings is 2. The maximum atomic E-state index is 8.98. The van der Waals surface area contributed by atoms with Gasteiger partial charge in [0, 0.05) is 30.3 Å². The Morgan fingerprint density at radius 3 is 2.60 bits per heavy atom. The molecule has 1 aliphatic heterocycles. The minimum Gasteiger partial charge on any atom is -0.398 e. The summed E-state index contributed by atoms with van der Waals surface area (Å²) in [5.74, 6) is 0.360. The average molecular weight is 263 g/mol. The summed E-state index contributed by atoms with van der Waals surface area (Å²) >= 11 is 0. The van der Waals surface area contributed by atoms with Crippen molar-refractivity contribution in [1.29, 1.82) is 5.26 Å². The molecule has 0 saturated carbocycles. The van der Waals surface area contributed by atoms with E-state index in [2.05, 4.69) is 36.5 Å². The Labute approximate surface area is 119 Å². The number of anilines is 1. The predicted molar refractivity (Wildman–Crippen MR) is 80.8 cm³/mol. The number of rotatable bonds is 2. The van der Waals surface area contributed by atoms with E-state index >= 15 is 0 Å². The fourth-order valence-electron chi connectivity index (χ4n) is 2.91. The van der Waals surface area contributed by atoms with Crippen LogP contribution in [0, 0.1) is 11.5 Å². The highest BCUT2D eigenvalue weighted by atomic mass is 15.1. The van der Waals surface area contributed by atoms with Crippen molar-refractivity contribution in [3.05, 3.63) is 54.1 Å². The molecule has 0 aliphatic carbocycles. The standard InChI is InChI=1S/C17H17N3/c18-12-20-10-9-14(11-20)16-8-4-7-15(17(16)19)13-5-2-1-3-6-13/h1-8,14H,9-11,19H2. The van der Waals surface area contributed by atoms with Crippen LogP contribution >= 0.6 is 0 Å². The van der Waals surface area contributed by atoms with E-state index in [1.54, 1.807) is 4.90 Å². The number of nitrogens with two attached hydrogens (primary N) is 1. The van der Waals surface area contributed by atoms with Gasteiger partial charge >= 0.3 is 0 Å². The van der Waals surface area contributed by atoms with Crippen molar-refractivity contribution >= 4 is 5.69 Å². The molecule has 0 radical (unpaired) electrons. The minimum absolute atomic E-state index is 0.360. The van der Waals surface area contributed by atoms with E-state index in [-0.39, 0.29) is 0 Å². The molecule has 1 heterocycles. The predicted octanol–water partition coefficient (Wildman–Crippen LogP) is 3.21. The second-order valence-electron chi connectivity index (χ2n) is 5.21. The summed E-state index contributed by atoms with van der Waals surface area (Å²) < 4.78 is 0. The minimum atomic E-state index is 0.360. The Hall–Kier alpha value is -2.47. The van der Waals surface area contributed by atoms with Crippen molar-refractivity contribution in [2.45, 2.75) is 12.3 Å². The van der Waals surface area contributed by atoms with Crippen LogP contribution < -0.4 is 5.73 Å². The highest BCUT2D eigenvalue weighted by Gasteiger charge is 2.25. The molecule has 3 heteroatoms. The summed E-state index contributed by atoms with van der Waals surface area (Å²) in [7, 11) is 0. The zero-order valence-corrected chi connectivity index (χ0v) is 11.3. The van der Waals surface area contributed by atoms with Crippen molar-refractivity contribution in [2.24, 2.45) is 0 Å². The first-order valence-corrected chi connectivity index (χ1v) is 6.88. The third-order valence-corrected chi connectivity index (χ3v) is 3.99. The molecule has 20 heavy (non-hydrogen) atoms.